The minimum atomic E-state index is -0.920. The average molecular weight is 502 g/mol. The monoisotopic (exact) mass is 501 g/mol. The minimum absolute atomic E-state index is 0.114. The number of amidine groups is 2. The third-order valence-electron chi connectivity index (χ3n) is 6.57. The minimum Gasteiger partial charge on any atom is -0.446 e. The molecule has 0 radical (unpaired) electrons. The highest BCUT2D eigenvalue weighted by Gasteiger charge is 2.27. The van der Waals surface area contributed by atoms with Crippen molar-refractivity contribution >= 4 is 34.1 Å². The average Bonchev–Trinajstić information content (AvgIpc) is 3.51. The predicted molar refractivity (Wildman–Crippen MR) is 142 cm³/mol. The van der Waals surface area contributed by atoms with E-state index < -0.39 is 12.2 Å². The van der Waals surface area contributed by atoms with Gasteiger partial charge >= 0.3 is 0 Å². The zero-order valence-electron chi connectivity index (χ0n) is 20.7. The number of aromatic nitrogens is 4. The van der Waals surface area contributed by atoms with Gasteiger partial charge in [0.25, 0.3) is 6.35 Å². The lowest BCUT2D eigenvalue weighted by molar-refractivity contribution is 0.207. The number of anilines is 2. The fourth-order valence-electron chi connectivity index (χ4n) is 4.75. The van der Waals surface area contributed by atoms with Crippen LogP contribution in [0.1, 0.15) is 17.8 Å². The van der Waals surface area contributed by atoms with Crippen molar-refractivity contribution in [3.63, 3.8) is 0 Å². The summed E-state index contributed by atoms with van der Waals surface area (Å²) in [6, 6.07) is 11.1. The normalized spacial score (nSPS) is 18.1. The summed E-state index contributed by atoms with van der Waals surface area (Å²) in [6.45, 7) is 7.13. The Balaban J connectivity index is 1.24. The lowest BCUT2D eigenvalue weighted by atomic mass is 10.2. The molecule has 4 aromatic rings. The van der Waals surface area contributed by atoms with Gasteiger partial charge in [0.2, 0.25) is 0 Å². The third-order valence-corrected chi connectivity index (χ3v) is 6.57. The molecule has 1 atom stereocenters. The maximum absolute atomic E-state index is 15.2. The number of nitrogens with zero attached hydrogens (tertiary/aromatic N) is 6. The number of hydrogen-bond acceptors (Lipinski definition) is 8. The number of piperazine rings is 1. The summed E-state index contributed by atoms with van der Waals surface area (Å²) < 4.78 is 21.3. The van der Waals surface area contributed by atoms with Crippen molar-refractivity contribution in [3.05, 3.63) is 66.0 Å². The fraction of sp³-hybridized carbons (Fsp3) is 0.308. The van der Waals surface area contributed by atoms with Gasteiger partial charge in [-0.2, -0.15) is 5.10 Å². The van der Waals surface area contributed by atoms with E-state index in [1.54, 1.807) is 12.1 Å². The van der Waals surface area contributed by atoms with Crippen molar-refractivity contribution in [2.24, 2.45) is 9.98 Å². The zero-order valence-corrected chi connectivity index (χ0v) is 20.7. The summed E-state index contributed by atoms with van der Waals surface area (Å²) in [7, 11) is 0. The summed E-state index contributed by atoms with van der Waals surface area (Å²) >= 11 is 0. The fourth-order valence-corrected chi connectivity index (χ4v) is 4.75. The Morgan fingerprint density at radius 3 is 2.51 bits per heavy atom. The topological polar surface area (TPSA) is 110 Å². The first-order chi connectivity index (χ1) is 18.0. The highest BCUT2D eigenvalue weighted by molar-refractivity contribution is 6.09. The quantitative estimate of drug-likeness (QED) is 0.392. The standard InChI is InChI=1S/C26H28FN9O/c1-16-13-19-20(29-16)3-4-21(25(19)27)37-26-31-22(30-23-14-17(2)33-34-23)15-24(32-26)36-11-9-35(10-12-36)18-5-7-28-8-6-18/h3-8,13-14,26,29H,9-12,15H2,1-2H3,(H2,30,31,33,34). The van der Waals surface area contributed by atoms with Gasteiger partial charge in [0.15, 0.2) is 17.4 Å². The number of halogens is 1. The number of aryl methyl sites for hydroxylation is 2. The lowest BCUT2D eigenvalue weighted by Gasteiger charge is -2.38. The molecule has 11 heteroatoms. The van der Waals surface area contributed by atoms with E-state index in [2.05, 4.69) is 40.3 Å². The Hall–Kier alpha value is -4.41. The summed E-state index contributed by atoms with van der Waals surface area (Å²) in [6.07, 6.45) is 3.20. The van der Waals surface area contributed by atoms with Gasteiger partial charge in [-0.15, -0.1) is 0 Å². The van der Waals surface area contributed by atoms with Crippen LogP contribution in [0, 0.1) is 19.7 Å². The van der Waals surface area contributed by atoms with Gasteiger partial charge in [-0.05, 0) is 44.2 Å². The van der Waals surface area contributed by atoms with Gasteiger partial charge in [0, 0.05) is 72.6 Å². The molecule has 2 aliphatic heterocycles. The largest absolute Gasteiger partial charge is 0.446 e. The van der Waals surface area contributed by atoms with Crippen LogP contribution >= 0.6 is 0 Å². The van der Waals surface area contributed by atoms with Crippen molar-refractivity contribution < 1.29 is 9.13 Å². The van der Waals surface area contributed by atoms with Gasteiger partial charge in [-0.25, -0.2) is 14.4 Å². The van der Waals surface area contributed by atoms with E-state index >= 15 is 4.39 Å². The Kier molecular flexibility index (Phi) is 5.95. The number of aliphatic imine (C=N–C) groups is 2. The van der Waals surface area contributed by atoms with E-state index in [0.29, 0.717) is 23.5 Å². The van der Waals surface area contributed by atoms with E-state index in [0.717, 1.165) is 54.6 Å². The van der Waals surface area contributed by atoms with Crippen LogP contribution in [0.4, 0.5) is 15.9 Å². The smallest absolute Gasteiger partial charge is 0.291 e. The Bertz CT molecular complexity index is 1470. The van der Waals surface area contributed by atoms with Crippen LogP contribution in [0.15, 0.2) is 58.8 Å². The number of benzene rings is 1. The van der Waals surface area contributed by atoms with Crippen molar-refractivity contribution in [2.45, 2.75) is 26.6 Å². The summed E-state index contributed by atoms with van der Waals surface area (Å²) in [5.41, 5.74) is 3.70. The number of aromatic amines is 2. The maximum atomic E-state index is 15.2. The molecule has 3 N–H and O–H groups in total. The Labute approximate surface area is 213 Å². The SMILES string of the molecule is Cc1cc(NC2=NC(Oc3ccc4[nH]c(C)cc4c3F)N=C(N3CCN(c4ccncc4)CC3)C2)n[nH]1. The first-order valence-electron chi connectivity index (χ1n) is 12.3. The van der Waals surface area contributed by atoms with E-state index in [-0.39, 0.29) is 5.75 Å². The van der Waals surface area contributed by atoms with E-state index in [1.807, 2.05) is 50.5 Å². The Morgan fingerprint density at radius 1 is 0.973 bits per heavy atom. The molecule has 1 aromatic carbocycles. The molecule has 190 valence electrons. The van der Waals surface area contributed by atoms with Gasteiger partial charge < -0.3 is 24.8 Å². The van der Waals surface area contributed by atoms with Gasteiger partial charge in [-0.3, -0.25) is 10.1 Å². The molecule has 3 aromatic heterocycles. The van der Waals surface area contributed by atoms with Crippen molar-refractivity contribution in [1.82, 2.24) is 25.1 Å². The summed E-state index contributed by atoms with van der Waals surface area (Å²) in [5, 5.41) is 10.9. The number of ether oxygens (including phenoxy) is 1. The molecule has 1 saturated heterocycles. The van der Waals surface area contributed by atoms with Crippen LogP contribution in [-0.2, 0) is 0 Å². The number of hydrogen-bond donors (Lipinski definition) is 3. The Morgan fingerprint density at radius 2 is 1.76 bits per heavy atom. The van der Waals surface area contributed by atoms with E-state index in [4.69, 9.17) is 9.73 Å². The predicted octanol–water partition coefficient (Wildman–Crippen LogP) is 3.84. The van der Waals surface area contributed by atoms with Crippen LogP contribution in [0.2, 0.25) is 0 Å². The molecule has 6 rings (SSSR count). The van der Waals surface area contributed by atoms with Crippen molar-refractivity contribution in [1.29, 1.82) is 0 Å². The summed E-state index contributed by atoms with van der Waals surface area (Å²) in [4.78, 5) is 21.3. The molecule has 37 heavy (non-hydrogen) atoms. The molecule has 0 aliphatic carbocycles. The van der Waals surface area contributed by atoms with Gasteiger partial charge in [0.1, 0.15) is 11.7 Å². The zero-order chi connectivity index (χ0) is 25.4. The molecule has 1 unspecified atom stereocenters. The van der Waals surface area contributed by atoms with Crippen molar-refractivity contribution in [2.75, 3.05) is 36.4 Å². The second-order valence-electron chi connectivity index (χ2n) is 9.27. The number of rotatable bonds is 4. The molecule has 10 nitrogen and oxygen atoms in total. The van der Waals surface area contributed by atoms with Crippen LogP contribution in [-0.4, -0.2) is 69.3 Å². The van der Waals surface area contributed by atoms with E-state index in [1.165, 1.54) is 0 Å². The molecule has 0 amide bonds. The number of pyridine rings is 1. The maximum Gasteiger partial charge on any atom is 0.291 e. The van der Waals surface area contributed by atoms with Gasteiger partial charge in [0.05, 0.1) is 6.42 Å². The van der Waals surface area contributed by atoms with Crippen LogP contribution in [0.5, 0.6) is 5.75 Å². The van der Waals surface area contributed by atoms with Crippen molar-refractivity contribution in [3.8, 4) is 5.75 Å². The first kappa shape index (κ1) is 23.0. The van der Waals surface area contributed by atoms with E-state index in [9.17, 15) is 0 Å². The van der Waals surface area contributed by atoms with Crippen LogP contribution < -0.4 is 15.0 Å². The number of fused-ring (bicyclic) bond motifs is 1. The number of H-pyrrole nitrogens is 2. The molecule has 1 fully saturated rings. The highest BCUT2D eigenvalue weighted by Crippen LogP contribution is 2.29. The third kappa shape index (κ3) is 4.84. The second-order valence-corrected chi connectivity index (χ2v) is 9.27. The second kappa shape index (κ2) is 9.57. The van der Waals surface area contributed by atoms with Gasteiger partial charge in [-0.1, -0.05) is 0 Å². The number of nitrogens with one attached hydrogen (secondary N) is 3. The first-order valence-corrected chi connectivity index (χ1v) is 12.3. The molecular formula is C26H28FN9O. The molecule has 5 heterocycles. The summed E-state index contributed by atoms with van der Waals surface area (Å²) in [5.74, 6) is 1.86. The molecule has 2 aliphatic rings. The van der Waals surface area contributed by atoms with Crippen LogP contribution in [0.25, 0.3) is 10.9 Å². The molecule has 0 bridgehead atoms. The molecule has 0 spiro atoms. The molecule has 0 saturated carbocycles. The van der Waals surface area contributed by atoms with Crippen LogP contribution in [0.3, 0.4) is 0 Å². The highest BCUT2D eigenvalue weighted by atomic mass is 19.1. The lowest BCUT2D eigenvalue weighted by Crippen LogP contribution is -2.50. The molecular weight excluding hydrogens is 473 g/mol.